The Morgan fingerprint density at radius 3 is 2.56 bits per heavy atom. The van der Waals surface area contributed by atoms with Crippen molar-refractivity contribution in [3.05, 3.63) is 70.8 Å². The molecule has 1 saturated heterocycles. The van der Waals surface area contributed by atoms with Gasteiger partial charge < -0.3 is 16.0 Å². The molecule has 1 heterocycles. The molecule has 0 aliphatic carbocycles. The molecular weight excluding hydrogens is 537 g/mol. The molecular formula is C27H40IN5O. The molecule has 0 aromatic heterocycles. The summed E-state index contributed by atoms with van der Waals surface area (Å²) in [5.74, 6) is 1.56. The van der Waals surface area contributed by atoms with Gasteiger partial charge in [-0.25, -0.2) is 4.99 Å². The topological polar surface area (TPSA) is 68.8 Å². The maximum atomic E-state index is 11.8. The monoisotopic (exact) mass is 577 g/mol. The van der Waals surface area contributed by atoms with E-state index < -0.39 is 0 Å². The number of nitrogens with zero attached hydrogens (tertiary/aromatic N) is 2. The number of guanidine groups is 1. The number of halogens is 1. The number of carbonyl (C=O) groups excluding carboxylic acids is 1. The second kappa shape index (κ2) is 15.0. The van der Waals surface area contributed by atoms with E-state index in [-0.39, 0.29) is 29.9 Å². The molecule has 2 aromatic rings. The van der Waals surface area contributed by atoms with Crippen molar-refractivity contribution < 1.29 is 4.79 Å². The average molecular weight is 578 g/mol. The maximum Gasteiger partial charge on any atom is 0.251 e. The van der Waals surface area contributed by atoms with Crippen LogP contribution in [0.3, 0.4) is 0 Å². The molecule has 1 aliphatic heterocycles. The first-order valence-corrected chi connectivity index (χ1v) is 12.2. The first kappa shape index (κ1) is 28.1. The quantitative estimate of drug-likeness (QED) is 0.238. The third-order valence-corrected chi connectivity index (χ3v) is 6.06. The van der Waals surface area contributed by atoms with Gasteiger partial charge in [-0.3, -0.25) is 9.69 Å². The number of likely N-dealkylation sites (tertiary alicyclic amines) is 1. The lowest BCUT2D eigenvalue weighted by atomic mass is 9.99. The second-order valence-electron chi connectivity index (χ2n) is 8.95. The van der Waals surface area contributed by atoms with Crippen LogP contribution < -0.4 is 16.0 Å². The summed E-state index contributed by atoms with van der Waals surface area (Å²) < 4.78 is 0. The van der Waals surface area contributed by atoms with Gasteiger partial charge in [-0.15, -0.1) is 24.0 Å². The lowest BCUT2D eigenvalue weighted by molar-refractivity contribution is 0.0963. The number of amides is 1. The van der Waals surface area contributed by atoms with Crippen molar-refractivity contribution in [1.29, 1.82) is 0 Å². The molecule has 0 radical (unpaired) electrons. The molecule has 2 aromatic carbocycles. The molecule has 3 rings (SSSR count). The van der Waals surface area contributed by atoms with Crippen LogP contribution in [0.5, 0.6) is 0 Å². The first-order valence-electron chi connectivity index (χ1n) is 12.2. The van der Waals surface area contributed by atoms with Gasteiger partial charge in [-0.2, -0.15) is 0 Å². The van der Waals surface area contributed by atoms with Crippen LogP contribution in [0.4, 0.5) is 0 Å². The van der Waals surface area contributed by atoms with E-state index in [4.69, 9.17) is 4.99 Å². The Hall–Kier alpha value is -2.13. The van der Waals surface area contributed by atoms with Crippen molar-refractivity contribution in [1.82, 2.24) is 20.9 Å². The van der Waals surface area contributed by atoms with E-state index in [0.717, 1.165) is 43.5 Å². The number of piperidine rings is 1. The number of nitrogens with one attached hydrogen (secondary N) is 3. The van der Waals surface area contributed by atoms with Crippen molar-refractivity contribution in [3.63, 3.8) is 0 Å². The molecule has 0 spiro atoms. The van der Waals surface area contributed by atoms with E-state index in [1.807, 2.05) is 24.3 Å². The standard InChI is InChI=1S/C27H39N5O.HI/c1-4-29-27(30-15-14-22-8-5-9-25(17-22)26(33)28-3)31-18-23-10-12-24(13-11-23)20-32-16-6-7-21(2)19-32;/h5,8-13,17,21H,4,6-7,14-16,18-20H2,1-3H3,(H,28,33)(H2,29,30,31);1H. The minimum atomic E-state index is -0.0591. The molecule has 1 aliphatic rings. The summed E-state index contributed by atoms with van der Waals surface area (Å²) in [6.45, 7) is 10.1. The summed E-state index contributed by atoms with van der Waals surface area (Å²) >= 11 is 0. The van der Waals surface area contributed by atoms with Crippen LogP contribution in [-0.2, 0) is 19.5 Å². The molecule has 1 atom stereocenters. The van der Waals surface area contributed by atoms with Crippen molar-refractivity contribution in [2.24, 2.45) is 10.9 Å². The van der Waals surface area contributed by atoms with Crippen LogP contribution in [0.1, 0.15) is 53.7 Å². The minimum Gasteiger partial charge on any atom is -0.357 e. The molecule has 186 valence electrons. The zero-order valence-corrected chi connectivity index (χ0v) is 23.1. The van der Waals surface area contributed by atoms with E-state index in [1.54, 1.807) is 7.05 Å². The Balaban J connectivity index is 0.00000408. The summed E-state index contributed by atoms with van der Waals surface area (Å²) in [5, 5.41) is 9.39. The lowest BCUT2D eigenvalue weighted by Crippen LogP contribution is -2.38. The number of hydrogen-bond donors (Lipinski definition) is 3. The van der Waals surface area contributed by atoms with E-state index >= 15 is 0 Å². The van der Waals surface area contributed by atoms with Crippen LogP contribution >= 0.6 is 24.0 Å². The average Bonchev–Trinajstić information content (AvgIpc) is 2.83. The van der Waals surface area contributed by atoms with Gasteiger partial charge in [0.25, 0.3) is 5.91 Å². The third kappa shape index (κ3) is 9.25. The molecule has 1 amide bonds. The molecule has 7 heteroatoms. The van der Waals surface area contributed by atoms with Crippen LogP contribution in [0, 0.1) is 5.92 Å². The molecule has 34 heavy (non-hydrogen) atoms. The van der Waals surface area contributed by atoms with Gasteiger partial charge in [0.05, 0.1) is 6.54 Å². The van der Waals surface area contributed by atoms with Crippen LogP contribution in [0.25, 0.3) is 0 Å². The Labute approximate surface area is 222 Å². The SMILES string of the molecule is CCNC(=NCc1ccc(CN2CCCC(C)C2)cc1)NCCc1cccc(C(=O)NC)c1.I. The molecule has 3 N–H and O–H groups in total. The lowest BCUT2D eigenvalue weighted by Gasteiger charge is -2.30. The van der Waals surface area contributed by atoms with E-state index in [9.17, 15) is 4.79 Å². The van der Waals surface area contributed by atoms with Crippen molar-refractivity contribution >= 4 is 35.8 Å². The summed E-state index contributed by atoms with van der Waals surface area (Å²) in [5.41, 5.74) is 4.40. The molecule has 1 fully saturated rings. The highest BCUT2D eigenvalue weighted by Gasteiger charge is 2.16. The molecule has 0 saturated carbocycles. The summed E-state index contributed by atoms with van der Waals surface area (Å²) in [6, 6.07) is 16.6. The van der Waals surface area contributed by atoms with Crippen molar-refractivity contribution in [2.45, 2.75) is 46.2 Å². The summed E-state index contributed by atoms with van der Waals surface area (Å²) in [4.78, 5) is 19.1. The largest absolute Gasteiger partial charge is 0.357 e. The number of rotatable bonds is 9. The number of carbonyl (C=O) groups is 1. The third-order valence-electron chi connectivity index (χ3n) is 6.06. The fourth-order valence-corrected chi connectivity index (χ4v) is 4.29. The molecule has 6 nitrogen and oxygen atoms in total. The molecule has 0 bridgehead atoms. The summed E-state index contributed by atoms with van der Waals surface area (Å²) in [7, 11) is 1.65. The van der Waals surface area contributed by atoms with Gasteiger partial charge in [-0.05, 0) is 67.5 Å². The van der Waals surface area contributed by atoms with Crippen LogP contribution in [0.2, 0.25) is 0 Å². The number of aliphatic imine (C=N–C) groups is 1. The van der Waals surface area contributed by atoms with Gasteiger partial charge in [-0.1, -0.05) is 43.3 Å². The van der Waals surface area contributed by atoms with Crippen molar-refractivity contribution in [2.75, 3.05) is 33.2 Å². The van der Waals surface area contributed by atoms with Gasteiger partial charge in [0.2, 0.25) is 0 Å². The Morgan fingerprint density at radius 1 is 1.09 bits per heavy atom. The van der Waals surface area contributed by atoms with Gasteiger partial charge >= 0.3 is 0 Å². The zero-order valence-electron chi connectivity index (χ0n) is 20.8. The minimum absolute atomic E-state index is 0. The summed E-state index contributed by atoms with van der Waals surface area (Å²) in [6.07, 6.45) is 3.49. The van der Waals surface area contributed by atoms with E-state index in [1.165, 1.54) is 37.1 Å². The predicted molar refractivity (Wildman–Crippen MR) is 152 cm³/mol. The Kier molecular flexibility index (Phi) is 12.4. The second-order valence-corrected chi connectivity index (χ2v) is 8.95. The van der Waals surface area contributed by atoms with E-state index in [0.29, 0.717) is 12.1 Å². The Morgan fingerprint density at radius 2 is 1.85 bits per heavy atom. The van der Waals surface area contributed by atoms with Crippen LogP contribution in [-0.4, -0.2) is 50.0 Å². The zero-order chi connectivity index (χ0) is 23.5. The normalized spacial score (nSPS) is 16.4. The van der Waals surface area contributed by atoms with E-state index in [2.05, 4.69) is 59.0 Å². The smallest absolute Gasteiger partial charge is 0.251 e. The van der Waals surface area contributed by atoms with Crippen molar-refractivity contribution in [3.8, 4) is 0 Å². The number of hydrogen-bond acceptors (Lipinski definition) is 3. The van der Waals surface area contributed by atoms with Gasteiger partial charge in [0.15, 0.2) is 5.96 Å². The fraction of sp³-hybridized carbons (Fsp3) is 0.481. The Bertz CT molecular complexity index is 915. The highest BCUT2D eigenvalue weighted by Crippen LogP contribution is 2.18. The van der Waals surface area contributed by atoms with Crippen LogP contribution in [0.15, 0.2) is 53.5 Å². The number of benzene rings is 2. The van der Waals surface area contributed by atoms with Gasteiger partial charge in [0.1, 0.15) is 0 Å². The molecule has 1 unspecified atom stereocenters. The predicted octanol–water partition coefficient (Wildman–Crippen LogP) is 4.19. The fourth-order valence-electron chi connectivity index (χ4n) is 4.29. The van der Waals surface area contributed by atoms with Gasteiger partial charge in [0, 0.05) is 38.8 Å². The highest BCUT2D eigenvalue weighted by molar-refractivity contribution is 14.0. The first-order chi connectivity index (χ1) is 16.1. The highest BCUT2D eigenvalue weighted by atomic mass is 127. The maximum absolute atomic E-state index is 11.8.